The van der Waals surface area contributed by atoms with Gasteiger partial charge >= 0.3 is 0 Å². The predicted molar refractivity (Wildman–Crippen MR) is 122 cm³/mol. The number of alkyl halides is 3. The second kappa shape index (κ2) is 9.45. The van der Waals surface area contributed by atoms with Gasteiger partial charge in [-0.2, -0.15) is 0 Å². The minimum absolute atomic E-state index is 0. The van der Waals surface area contributed by atoms with Crippen molar-refractivity contribution in [1.82, 2.24) is 0 Å². The Morgan fingerprint density at radius 1 is 0.577 bits per heavy atom. The van der Waals surface area contributed by atoms with Crippen LogP contribution in [0.4, 0.5) is 0 Å². The number of hydrogen-bond donors (Lipinski definition) is 0. The smallest absolute Gasteiger partial charge is 0.147 e. The van der Waals surface area contributed by atoms with E-state index in [1.165, 1.54) is 15.9 Å². The maximum Gasteiger partial charge on any atom is 0.194 e. The van der Waals surface area contributed by atoms with Crippen molar-refractivity contribution in [3.05, 3.63) is 91.0 Å². The lowest BCUT2D eigenvalue weighted by Crippen LogP contribution is -2.34. The fourth-order valence-electron chi connectivity index (χ4n) is 3.18. The van der Waals surface area contributed by atoms with Crippen molar-refractivity contribution in [3.63, 3.8) is 0 Å². The first-order valence-corrected chi connectivity index (χ1v) is 11.2. The van der Waals surface area contributed by atoms with Crippen molar-refractivity contribution < 1.29 is 0 Å². The van der Waals surface area contributed by atoms with Crippen LogP contribution in [0.3, 0.4) is 0 Å². The largest absolute Gasteiger partial charge is 0.194 e. The highest BCUT2D eigenvalue weighted by molar-refractivity contribution is 7.95. The van der Waals surface area contributed by atoms with Crippen molar-refractivity contribution in [2.45, 2.75) is 10.2 Å². The average Bonchev–Trinajstić information content (AvgIpc) is 2.64. The fraction of sp³-hybridized carbons (Fsp3) is 0.143. The summed E-state index contributed by atoms with van der Waals surface area (Å²) in [5, 5.41) is 3.92. The van der Waals surface area contributed by atoms with Crippen LogP contribution in [0.1, 0.15) is 6.42 Å². The summed E-state index contributed by atoms with van der Waals surface area (Å²) in [6.07, 6.45) is 1.31. The Kier molecular flexibility index (Phi) is 7.83. The summed E-state index contributed by atoms with van der Waals surface area (Å²) in [6.45, 7) is 0. The van der Waals surface area contributed by atoms with Gasteiger partial charge in [-0.3, -0.25) is 0 Å². The van der Waals surface area contributed by atoms with Crippen LogP contribution in [0.5, 0.6) is 0 Å². The minimum Gasteiger partial charge on any atom is -0.147 e. The second-order valence-corrected chi connectivity index (χ2v) is 12.0. The van der Waals surface area contributed by atoms with Gasteiger partial charge in [-0.25, -0.2) is 0 Å². The van der Waals surface area contributed by atoms with Gasteiger partial charge in [-0.05, 0) is 36.4 Å². The molecule has 0 bridgehead atoms. The number of benzene rings is 3. The quantitative estimate of drug-likeness (QED) is 0.326. The Morgan fingerprint density at radius 3 is 1.15 bits per heavy atom. The Bertz CT molecular complexity index is 690. The van der Waals surface area contributed by atoms with Crippen LogP contribution >= 0.6 is 54.5 Å². The highest BCUT2D eigenvalue weighted by Crippen LogP contribution is 2.57. The summed E-state index contributed by atoms with van der Waals surface area (Å²) in [6, 6.07) is 31.9. The Morgan fingerprint density at radius 2 is 0.885 bits per heavy atom. The summed E-state index contributed by atoms with van der Waals surface area (Å²) in [5.74, 6) is 0. The third kappa shape index (κ3) is 4.94. The zero-order valence-electron chi connectivity index (χ0n) is 14.1. The van der Waals surface area contributed by atoms with Crippen LogP contribution < -0.4 is 15.9 Å². The molecule has 0 unspecified atom stereocenters. The van der Waals surface area contributed by atoms with Crippen molar-refractivity contribution in [1.29, 1.82) is 0 Å². The molecule has 0 aliphatic rings. The van der Waals surface area contributed by atoms with E-state index in [0.717, 1.165) is 6.16 Å². The predicted octanol–water partition coefficient (Wildman–Crippen LogP) is 6.16. The van der Waals surface area contributed by atoms with Crippen molar-refractivity contribution in [2.75, 3.05) is 6.16 Å². The Hall–Kier alpha value is -0.750. The van der Waals surface area contributed by atoms with E-state index in [2.05, 4.69) is 72.8 Å². The third-order valence-electron chi connectivity index (χ3n) is 4.32. The van der Waals surface area contributed by atoms with E-state index < -0.39 is 11.1 Å². The molecule has 0 heterocycles. The topological polar surface area (TPSA) is 0 Å². The lowest BCUT2D eigenvalue weighted by atomic mass is 10.4. The monoisotopic (exact) mass is 443 g/mol. The first kappa shape index (κ1) is 21.5. The molecule has 0 N–H and O–H groups in total. The Labute approximate surface area is 177 Å². The van der Waals surface area contributed by atoms with Gasteiger partial charge in [0.25, 0.3) is 0 Å². The first-order valence-electron chi connectivity index (χ1n) is 8.14. The molecule has 0 saturated carbocycles. The molecule has 0 aliphatic carbocycles. The molecule has 5 heteroatoms. The van der Waals surface area contributed by atoms with E-state index in [1.54, 1.807) is 0 Å². The zero-order valence-corrected chi connectivity index (χ0v) is 18.0. The van der Waals surface area contributed by atoms with Crippen molar-refractivity contribution in [2.24, 2.45) is 0 Å². The minimum atomic E-state index is -1.90. The van der Waals surface area contributed by atoms with E-state index >= 15 is 0 Å². The summed E-state index contributed by atoms with van der Waals surface area (Å²) >= 11 is 18.5. The molecular formula is C21H20Cl4P+. The van der Waals surface area contributed by atoms with Crippen LogP contribution in [-0.4, -0.2) is 9.95 Å². The molecule has 0 nitrogen and oxygen atoms in total. The third-order valence-corrected chi connectivity index (χ3v) is 9.32. The van der Waals surface area contributed by atoms with Gasteiger partial charge in [0.15, 0.2) is 3.79 Å². The lowest BCUT2D eigenvalue weighted by molar-refractivity contribution is 0.981. The molecule has 0 saturated heterocycles. The lowest BCUT2D eigenvalue weighted by Gasteiger charge is -2.28. The molecule has 26 heavy (non-hydrogen) atoms. The van der Waals surface area contributed by atoms with Crippen LogP contribution in [0.25, 0.3) is 0 Å². The highest BCUT2D eigenvalue weighted by Gasteiger charge is 2.46. The molecule has 3 aromatic rings. The molecule has 0 fully saturated rings. The van der Waals surface area contributed by atoms with E-state index in [9.17, 15) is 0 Å². The molecule has 0 aromatic heterocycles. The normalized spacial score (nSPS) is 11.7. The maximum absolute atomic E-state index is 6.15. The first-order chi connectivity index (χ1) is 12.0. The second-order valence-electron chi connectivity index (χ2n) is 5.91. The standard InChI is InChI=1S/C21H19Cl3P.ClH/c22-21(23,24)16-17-25(18-10-4-1-5-11-18,19-12-6-2-7-13-19)20-14-8-3-9-15-20;/h1-15H,16-17H2;1H/q+1;. The van der Waals surface area contributed by atoms with Gasteiger partial charge in [0.05, 0.1) is 6.16 Å². The van der Waals surface area contributed by atoms with E-state index in [1.807, 2.05) is 18.2 Å². The van der Waals surface area contributed by atoms with Crippen LogP contribution in [0.15, 0.2) is 91.0 Å². The molecular weight excluding hydrogens is 425 g/mol. The van der Waals surface area contributed by atoms with Gasteiger partial charge in [-0.1, -0.05) is 89.4 Å². The van der Waals surface area contributed by atoms with Crippen LogP contribution in [0, 0.1) is 0 Å². The van der Waals surface area contributed by atoms with Gasteiger partial charge in [-0.15, -0.1) is 12.4 Å². The number of hydrogen-bond acceptors (Lipinski definition) is 0. The van der Waals surface area contributed by atoms with Gasteiger partial charge in [0.1, 0.15) is 23.2 Å². The van der Waals surface area contributed by atoms with E-state index in [-0.39, 0.29) is 12.4 Å². The average molecular weight is 445 g/mol. The molecule has 0 atom stereocenters. The van der Waals surface area contributed by atoms with Crippen LogP contribution in [-0.2, 0) is 0 Å². The molecule has 0 aliphatic heterocycles. The molecule has 136 valence electrons. The van der Waals surface area contributed by atoms with Gasteiger partial charge in [0.2, 0.25) is 0 Å². The summed E-state index contributed by atoms with van der Waals surface area (Å²) in [5.41, 5.74) is 0. The Balaban J connectivity index is 0.00000243. The molecule has 3 rings (SSSR count). The van der Waals surface area contributed by atoms with E-state index in [4.69, 9.17) is 34.8 Å². The van der Waals surface area contributed by atoms with Gasteiger partial charge in [0, 0.05) is 6.42 Å². The summed E-state index contributed by atoms with van der Waals surface area (Å²) in [4.78, 5) is 0. The zero-order chi connectivity index (χ0) is 17.8. The summed E-state index contributed by atoms with van der Waals surface area (Å²) < 4.78 is -1.26. The highest BCUT2D eigenvalue weighted by atomic mass is 35.6. The van der Waals surface area contributed by atoms with Gasteiger partial charge < -0.3 is 0 Å². The number of rotatable bonds is 5. The molecule has 3 aromatic carbocycles. The van der Waals surface area contributed by atoms with E-state index in [0.29, 0.717) is 6.42 Å². The van der Waals surface area contributed by atoms with Crippen molar-refractivity contribution >= 4 is 70.4 Å². The van der Waals surface area contributed by atoms with Crippen LogP contribution in [0.2, 0.25) is 0 Å². The molecule has 0 radical (unpaired) electrons. The molecule has 0 spiro atoms. The summed E-state index contributed by atoms with van der Waals surface area (Å²) in [7, 11) is -1.90. The number of halogens is 4. The maximum atomic E-state index is 6.15. The SMILES string of the molecule is Cl.ClC(Cl)(Cl)CC[P+](c1ccccc1)(c1ccccc1)c1ccccc1. The fourth-order valence-corrected chi connectivity index (χ4v) is 8.24. The molecule has 0 amide bonds. The van der Waals surface area contributed by atoms with Crippen molar-refractivity contribution in [3.8, 4) is 0 Å².